The molecule has 1 aromatic heterocycles. The van der Waals surface area contributed by atoms with Crippen LogP contribution in [0.5, 0.6) is 0 Å². The first-order valence-corrected chi connectivity index (χ1v) is 5.27. The third kappa shape index (κ3) is 2.28. The topological polar surface area (TPSA) is 30.9 Å². The summed E-state index contributed by atoms with van der Waals surface area (Å²) in [6, 6.07) is 10.1. The van der Waals surface area contributed by atoms with Gasteiger partial charge >= 0.3 is 0 Å². The highest BCUT2D eigenvalue weighted by Crippen LogP contribution is 2.09. The fourth-order valence-corrected chi connectivity index (χ4v) is 1.75. The van der Waals surface area contributed by atoms with Crippen LogP contribution in [-0.2, 0) is 6.54 Å². The van der Waals surface area contributed by atoms with Gasteiger partial charge in [-0.15, -0.1) is 0 Å². The molecule has 0 unspecified atom stereocenters. The molecule has 0 saturated heterocycles. The average molecular weight is 234 g/mol. The smallest absolute Gasteiger partial charge is 0.123 e. The van der Waals surface area contributed by atoms with Crippen LogP contribution in [0.15, 0.2) is 42.6 Å². The van der Waals surface area contributed by atoms with Gasteiger partial charge in [-0.1, -0.05) is 24.4 Å². The molecular formula is C12H11FN2S. The maximum Gasteiger partial charge on any atom is 0.123 e. The zero-order valence-corrected chi connectivity index (χ0v) is 9.38. The third-order valence-corrected chi connectivity index (χ3v) is 2.56. The number of nitrogens with zero attached hydrogens (tertiary/aromatic N) is 1. The number of nitrogens with two attached hydrogens (primary N) is 1. The molecule has 0 spiro atoms. The summed E-state index contributed by atoms with van der Waals surface area (Å²) in [6.07, 6.45) is 1.90. The molecule has 0 aliphatic rings. The van der Waals surface area contributed by atoms with Gasteiger partial charge in [-0.2, -0.15) is 0 Å². The third-order valence-electron chi connectivity index (χ3n) is 2.35. The van der Waals surface area contributed by atoms with E-state index in [0.717, 1.165) is 11.3 Å². The molecule has 2 N–H and O–H groups in total. The minimum absolute atomic E-state index is 0.231. The number of hydrogen-bond acceptors (Lipinski definition) is 1. The lowest BCUT2D eigenvalue weighted by atomic mass is 10.2. The van der Waals surface area contributed by atoms with Crippen LogP contribution in [0.3, 0.4) is 0 Å². The summed E-state index contributed by atoms with van der Waals surface area (Å²) >= 11 is 4.94. The van der Waals surface area contributed by atoms with Gasteiger partial charge in [-0.25, -0.2) is 4.39 Å². The fourth-order valence-electron chi connectivity index (χ4n) is 1.56. The predicted octanol–water partition coefficient (Wildman–Crippen LogP) is 2.31. The Kier molecular flexibility index (Phi) is 3.01. The first-order valence-electron chi connectivity index (χ1n) is 4.86. The first-order chi connectivity index (χ1) is 7.66. The van der Waals surface area contributed by atoms with Gasteiger partial charge in [0.05, 0.1) is 5.69 Å². The molecule has 4 heteroatoms. The van der Waals surface area contributed by atoms with Gasteiger partial charge in [-0.05, 0) is 29.8 Å². The van der Waals surface area contributed by atoms with E-state index in [2.05, 4.69) is 0 Å². The van der Waals surface area contributed by atoms with E-state index in [0.29, 0.717) is 11.5 Å². The van der Waals surface area contributed by atoms with Gasteiger partial charge in [0.25, 0.3) is 0 Å². The SMILES string of the molecule is NC(=S)c1cccn1Cc1ccc(F)cc1. The molecule has 0 aliphatic carbocycles. The second-order valence-electron chi connectivity index (χ2n) is 3.51. The molecule has 2 nitrogen and oxygen atoms in total. The molecule has 0 aliphatic heterocycles. The average Bonchev–Trinajstić information content (AvgIpc) is 2.69. The van der Waals surface area contributed by atoms with Crippen LogP contribution in [-0.4, -0.2) is 9.56 Å². The van der Waals surface area contributed by atoms with Crippen LogP contribution in [0.4, 0.5) is 4.39 Å². The summed E-state index contributed by atoms with van der Waals surface area (Å²) in [4.78, 5) is 0.368. The number of rotatable bonds is 3. The maximum atomic E-state index is 12.7. The van der Waals surface area contributed by atoms with Crippen LogP contribution < -0.4 is 5.73 Å². The van der Waals surface area contributed by atoms with E-state index in [9.17, 15) is 4.39 Å². The second-order valence-corrected chi connectivity index (χ2v) is 3.95. The molecule has 0 bridgehead atoms. The van der Waals surface area contributed by atoms with Crippen molar-refractivity contribution < 1.29 is 4.39 Å². The fraction of sp³-hybridized carbons (Fsp3) is 0.0833. The van der Waals surface area contributed by atoms with Crippen molar-refractivity contribution in [3.63, 3.8) is 0 Å². The van der Waals surface area contributed by atoms with Crippen molar-refractivity contribution in [3.05, 3.63) is 59.7 Å². The molecular weight excluding hydrogens is 223 g/mol. The Balaban J connectivity index is 2.23. The first kappa shape index (κ1) is 10.8. The molecule has 1 aromatic carbocycles. The Morgan fingerprint density at radius 2 is 1.94 bits per heavy atom. The Bertz CT molecular complexity index is 502. The second kappa shape index (κ2) is 4.45. The van der Waals surface area contributed by atoms with E-state index in [1.54, 1.807) is 12.1 Å². The quantitative estimate of drug-likeness (QED) is 0.826. The minimum atomic E-state index is -0.231. The van der Waals surface area contributed by atoms with Crippen molar-refractivity contribution in [3.8, 4) is 0 Å². The van der Waals surface area contributed by atoms with Crippen molar-refractivity contribution in [2.45, 2.75) is 6.54 Å². The van der Waals surface area contributed by atoms with E-state index in [1.807, 2.05) is 22.9 Å². The van der Waals surface area contributed by atoms with Crippen LogP contribution >= 0.6 is 12.2 Å². The zero-order chi connectivity index (χ0) is 11.5. The van der Waals surface area contributed by atoms with Crippen molar-refractivity contribution in [2.24, 2.45) is 5.73 Å². The van der Waals surface area contributed by atoms with Crippen LogP contribution in [0.25, 0.3) is 0 Å². The van der Waals surface area contributed by atoms with E-state index in [4.69, 9.17) is 18.0 Å². The van der Waals surface area contributed by atoms with Crippen LogP contribution in [0.1, 0.15) is 11.3 Å². The van der Waals surface area contributed by atoms with Crippen molar-refractivity contribution in [2.75, 3.05) is 0 Å². The number of benzene rings is 1. The number of aromatic nitrogens is 1. The summed E-state index contributed by atoms with van der Waals surface area (Å²) in [5, 5.41) is 0. The lowest BCUT2D eigenvalue weighted by Crippen LogP contribution is -2.15. The molecule has 0 amide bonds. The highest BCUT2D eigenvalue weighted by atomic mass is 32.1. The van der Waals surface area contributed by atoms with E-state index >= 15 is 0 Å². The number of halogens is 1. The lowest BCUT2D eigenvalue weighted by molar-refractivity contribution is 0.626. The molecule has 0 atom stereocenters. The normalized spacial score (nSPS) is 10.3. The number of thiocarbonyl (C=S) groups is 1. The molecule has 2 rings (SSSR count). The van der Waals surface area contributed by atoms with Gasteiger partial charge in [0.2, 0.25) is 0 Å². The van der Waals surface area contributed by atoms with Crippen molar-refractivity contribution >= 4 is 17.2 Å². The Morgan fingerprint density at radius 1 is 1.25 bits per heavy atom. The Labute approximate surface area is 98.5 Å². The van der Waals surface area contributed by atoms with Gasteiger partial charge in [0.1, 0.15) is 10.8 Å². The van der Waals surface area contributed by atoms with Crippen LogP contribution in [0.2, 0.25) is 0 Å². The largest absolute Gasteiger partial charge is 0.388 e. The predicted molar refractivity (Wildman–Crippen MR) is 65.8 cm³/mol. The molecule has 82 valence electrons. The maximum absolute atomic E-state index is 12.7. The van der Waals surface area contributed by atoms with E-state index in [-0.39, 0.29) is 5.82 Å². The Hall–Kier alpha value is -1.68. The van der Waals surface area contributed by atoms with Gasteiger partial charge in [0, 0.05) is 12.7 Å². The number of hydrogen-bond donors (Lipinski definition) is 1. The molecule has 1 heterocycles. The minimum Gasteiger partial charge on any atom is -0.388 e. The van der Waals surface area contributed by atoms with Crippen molar-refractivity contribution in [1.29, 1.82) is 0 Å². The molecule has 0 saturated carbocycles. The summed E-state index contributed by atoms with van der Waals surface area (Å²) in [5.74, 6) is -0.231. The van der Waals surface area contributed by atoms with E-state index < -0.39 is 0 Å². The zero-order valence-electron chi connectivity index (χ0n) is 8.56. The molecule has 0 fully saturated rings. The highest BCUT2D eigenvalue weighted by molar-refractivity contribution is 7.80. The molecule has 16 heavy (non-hydrogen) atoms. The van der Waals surface area contributed by atoms with Gasteiger partial charge < -0.3 is 10.3 Å². The highest BCUT2D eigenvalue weighted by Gasteiger charge is 2.03. The molecule has 0 radical (unpaired) electrons. The Morgan fingerprint density at radius 3 is 2.56 bits per heavy atom. The monoisotopic (exact) mass is 234 g/mol. The summed E-state index contributed by atoms with van der Waals surface area (Å²) in [5.41, 5.74) is 7.42. The summed E-state index contributed by atoms with van der Waals surface area (Å²) in [7, 11) is 0. The summed E-state index contributed by atoms with van der Waals surface area (Å²) in [6.45, 7) is 0.639. The van der Waals surface area contributed by atoms with E-state index in [1.165, 1.54) is 12.1 Å². The van der Waals surface area contributed by atoms with Crippen LogP contribution in [0, 0.1) is 5.82 Å². The van der Waals surface area contributed by atoms with Gasteiger partial charge in [0.15, 0.2) is 0 Å². The summed E-state index contributed by atoms with van der Waals surface area (Å²) < 4.78 is 14.7. The lowest BCUT2D eigenvalue weighted by Gasteiger charge is -2.07. The standard InChI is InChI=1S/C12H11FN2S/c13-10-5-3-9(4-6-10)8-15-7-1-2-11(15)12(14)16/h1-7H,8H2,(H2,14,16). The molecule has 2 aromatic rings. The van der Waals surface area contributed by atoms with Gasteiger partial charge in [-0.3, -0.25) is 0 Å². The van der Waals surface area contributed by atoms with Crippen molar-refractivity contribution in [1.82, 2.24) is 4.57 Å².